The molecule has 5 heteroatoms. The molecule has 0 aliphatic rings. The van der Waals surface area contributed by atoms with E-state index in [1.54, 1.807) is 12.4 Å². The molecule has 2 aromatic rings. The molecule has 2 aromatic heterocycles. The van der Waals surface area contributed by atoms with Crippen LogP contribution in [0.4, 0.5) is 0 Å². The van der Waals surface area contributed by atoms with Gasteiger partial charge >= 0.3 is 0 Å². The van der Waals surface area contributed by atoms with Crippen LogP contribution >= 0.6 is 27.5 Å². The van der Waals surface area contributed by atoms with Gasteiger partial charge in [-0.1, -0.05) is 32.4 Å². The molecule has 0 aliphatic heterocycles. The van der Waals surface area contributed by atoms with Crippen molar-refractivity contribution in [2.45, 2.75) is 33.1 Å². The van der Waals surface area contributed by atoms with Crippen LogP contribution in [0, 0.1) is 6.92 Å². The van der Waals surface area contributed by atoms with E-state index in [0.717, 1.165) is 21.3 Å². The van der Waals surface area contributed by atoms with E-state index in [-0.39, 0.29) is 5.41 Å². The van der Waals surface area contributed by atoms with Crippen molar-refractivity contribution in [2.24, 2.45) is 0 Å². The molecule has 0 aromatic carbocycles. The van der Waals surface area contributed by atoms with Gasteiger partial charge in [-0.05, 0) is 34.5 Å². The SMILES string of the molecule is Cc1cnccc1-c1nc(Cl)c(Br)c(C(C)(C)C)n1. The Morgan fingerprint density at radius 2 is 1.89 bits per heavy atom. The smallest absolute Gasteiger partial charge is 0.161 e. The van der Waals surface area contributed by atoms with E-state index in [2.05, 4.69) is 51.7 Å². The highest BCUT2D eigenvalue weighted by molar-refractivity contribution is 9.10. The van der Waals surface area contributed by atoms with Crippen LogP contribution in [0.15, 0.2) is 22.9 Å². The van der Waals surface area contributed by atoms with E-state index in [9.17, 15) is 0 Å². The molecule has 0 N–H and O–H groups in total. The van der Waals surface area contributed by atoms with Crippen molar-refractivity contribution in [3.63, 3.8) is 0 Å². The van der Waals surface area contributed by atoms with Gasteiger partial charge in [0, 0.05) is 23.4 Å². The Bertz CT molecular complexity index is 621. The standard InChI is InChI=1S/C14H15BrClN3/c1-8-7-17-6-5-9(8)13-18-11(14(2,3)4)10(15)12(16)19-13/h5-7H,1-4H3. The van der Waals surface area contributed by atoms with Crippen molar-refractivity contribution in [1.29, 1.82) is 0 Å². The zero-order valence-corrected chi connectivity index (χ0v) is 13.7. The molecule has 0 atom stereocenters. The Balaban J connectivity index is 2.68. The van der Waals surface area contributed by atoms with Gasteiger partial charge in [0.1, 0.15) is 5.15 Å². The van der Waals surface area contributed by atoms with Crippen molar-refractivity contribution in [1.82, 2.24) is 15.0 Å². The molecule has 0 unspecified atom stereocenters. The van der Waals surface area contributed by atoms with Crippen LogP contribution in [-0.2, 0) is 5.41 Å². The van der Waals surface area contributed by atoms with Gasteiger partial charge in [-0.25, -0.2) is 9.97 Å². The topological polar surface area (TPSA) is 38.7 Å². The summed E-state index contributed by atoms with van der Waals surface area (Å²) in [6.07, 6.45) is 3.53. The summed E-state index contributed by atoms with van der Waals surface area (Å²) in [6, 6.07) is 1.90. The predicted octanol–water partition coefficient (Wildman–Crippen LogP) is 4.56. The number of aromatic nitrogens is 3. The van der Waals surface area contributed by atoms with Crippen molar-refractivity contribution in [3.8, 4) is 11.4 Å². The first-order valence-electron chi connectivity index (χ1n) is 5.95. The van der Waals surface area contributed by atoms with Crippen molar-refractivity contribution in [2.75, 3.05) is 0 Å². The first-order chi connectivity index (χ1) is 8.80. The zero-order valence-electron chi connectivity index (χ0n) is 11.3. The number of hydrogen-bond donors (Lipinski definition) is 0. The number of pyridine rings is 1. The van der Waals surface area contributed by atoms with Crippen LogP contribution in [0.2, 0.25) is 5.15 Å². The number of nitrogens with zero attached hydrogens (tertiary/aromatic N) is 3. The van der Waals surface area contributed by atoms with Crippen LogP contribution < -0.4 is 0 Å². The summed E-state index contributed by atoms with van der Waals surface area (Å²) < 4.78 is 0.761. The normalized spacial score (nSPS) is 11.7. The molecule has 2 heterocycles. The monoisotopic (exact) mass is 339 g/mol. The first-order valence-corrected chi connectivity index (χ1v) is 7.12. The largest absolute Gasteiger partial charge is 0.264 e. The minimum absolute atomic E-state index is 0.110. The summed E-state index contributed by atoms with van der Waals surface area (Å²) in [5, 5.41) is 0.436. The van der Waals surface area contributed by atoms with E-state index in [4.69, 9.17) is 11.6 Å². The molecule has 0 bridgehead atoms. The molecule has 0 saturated heterocycles. The molecular weight excluding hydrogens is 326 g/mol. The van der Waals surface area contributed by atoms with Gasteiger partial charge in [-0.2, -0.15) is 0 Å². The Labute approximate surface area is 126 Å². The molecule has 19 heavy (non-hydrogen) atoms. The van der Waals surface area contributed by atoms with Gasteiger partial charge in [0.2, 0.25) is 0 Å². The fraction of sp³-hybridized carbons (Fsp3) is 0.357. The Morgan fingerprint density at radius 1 is 1.21 bits per heavy atom. The third-order valence-corrected chi connectivity index (χ3v) is 4.04. The van der Waals surface area contributed by atoms with Crippen LogP contribution in [0.5, 0.6) is 0 Å². The van der Waals surface area contributed by atoms with E-state index in [0.29, 0.717) is 11.0 Å². The number of rotatable bonds is 1. The lowest BCUT2D eigenvalue weighted by Gasteiger charge is -2.20. The van der Waals surface area contributed by atoms with Crippen molar-refractivity contribution >= 4 is 27.5 Å². The highest BCUT2D eigenvalue weighted by atomic mass is 79.9. The molecule has 0 fully saturated rings. The van der Waals surface area contributed by atoms with Crippen LogP contribution in [0.1, 0.15) is 32.0 Å². The molecule has 3 nitrogen and oxygen atoms in total. The maximum atomic E-state index is 6.21. The fourth-order valence-corrected chi connectivity index (χ4v) is 2.70. The maximum absolute atomic E-state index is 6.21. The van der Waals surface area contributed by atoms with Crippen LogP contribution in [-0.4, -0.2) is 15.0 Å². The molecule has 0 saturated carbocycles. The highest BCUT2D eigenvalue weighted by Crippen LogP contribution is 2.34. The van der Waals surface area contributed by atoms with Gasteiger partial charge in [0.15, 0.2) is 5.82 Å². The fourth-order valence-electron chi connectivity index (χ4n) is 1.76. The molecular formula is C14H15BrClN3. The third-order valence-electron chi connectivity index (χ3n) is 2.78. The molecule has 2 rings (SSSR count). The zero-order chi connectivity index (χ0) is 14.2. The minimum Gasteiger partial charge on any atom is -0.264 e. The summed E-state index contributed by atoms with van der Waals surface area (Å²) in [6.45, 7) is 8.28. The van der Waals surface area contributed by atoms with E-state index in [1.165, 1.54) is 0 Å². The highest BCUT2D eigenvalue weighted by Gasteiger charge is 2.23. The Hall–Kier alpha value is -1.00. The number of hydrogen-bond acceptors (Lipinski definition) is 3. The molecule has 0 radical (unpaired) electrons. The average molecular weight is 341 g/mol. The Kier molecular flexibility index (Phi) is 3.92. The summed E-state index contributed by atoms with van der Waals surface area (Å²) in [7, 11) is 0. The van der Waals surface area contributed by atoms with Crippen molar-refractivity contribution in [3.05, 3.63) is 39.3 Å². The number of halogens is 2. The quantitative estimate of drug-likeness (QED) is 0.714. The maximum Gasteiger partial charge on any atom is 0.161 e. The van der Waals surface area contributed by atoms with E-state index >= 15 is 0 Å². The molecule has 100 valence electrons. The molecule has 0 spiro atoms. The van der Waals surface area contributed by atoms with E-state index in [1.807, 2.05) is 13.0 Å². The number of aryl methyl sites for hydroxylation is 1. The molecule has 0 aliphatic carbocycles. The van der Waals surface area contributed by atoms with Crippen LogP contribution in [0.3, 0.4) is 0 Å². The summed E-state index contributed by atoms with van der Waals surface area (Å²) >= 11 is 9.69. The lowest BCUT2D eigenvalue weighted by Crippen LogP contribution is -2.16. The second-order valence-corrected chi connectivity index (χ2v) is 6.59. The van der Waals surface area contributed by atoms with Gasteiger partial charge in [-0.15, -0.1) is 0 Å². The van der Waals surface area contributed by atoms with Crippen LogP contribution in [0.25, 0.3) is 11.4 Å². The van der Waals surface area contributed by atoms with Gasteiger partial charge < -0.3 is 0 Å². The summed E-state index contributed by atoms with van der Waals surface area (Å²) in [5.41, 5.74) is 2.77. The summed E-state index contributed by atoms with van der Waals surface area (Å²) in [4.78, 5) is 13.1. The van der Waals surface area contributed by atoms with Gasteiger partial charge in [0.25, 0.3) is 0 Å². The van der Waals surface area contributed by atoms with Gasteiger partial charge in [-0.3, -0.25) is 4.98 Å². The first kappa shape index (κ1) is 14.4. The third kappa shape index (κ3) is 2.95. The second-order valence-electron chi connectivity index (χ2n) is 5.44. The lowest BCUT2D eigenvalue weighted by molar-refractivity contribution is 0.564. The average Bonchev–Trinajstić information content (AvgIpc) is 2.31. The minimum atomic E-state index is -0.110. The second kappa shape index (κ2) is 5.17. The van der Waals surface area contributed by atoms with E-state index < -0.39 is 0 Å². The lowest BCUT2D eigenvalue weighted by atomic mass is 9.92. The van der Waals surface area contributed by atoms with Crippen molar-refractivity contribution < 1.29 is 0 Å². The van der Waals surface area contributed by atoms with Gasteiger partial charge in [0.05, 0.1) is 10.2 Å². The summed E-state index contributed by atoms with van der Waals surface area (Å²) in [5.74, 6) is 0.637. The predicted molar refractivity (Wildman–Crippen MR) is 81.4 cm³/mol. The Morgan fingerprint density at radius 3 is 2.47 bits per heavy atom. The molecule has 0 amide bonds.